The van der Waals surface area contributed by atoms with E-state index in [1.807, 2.05) is 18.2 Å². The predicted octanol–water partition coefficient (Wildman–Crippen LogP) is 1.21. The summed E-state index contributed by atoms with van der Waals surface area (Å²) in [5.41, 5.74) is 1.41. The van der Waals surface area contributed by atoms with E-state index in [0.717, 1.165) is 17.3 Å². The van der Waals surface area contributed by atoms with Gasteiger partial charge in [-0.15, -0.1) is 0 Å². The van der Waals surface area contributed by atoms with Crippen LogP contribution in [-0.4, -0.2) is 36.3 Å². The Morgan fingerprint density at radius 2 is 2.21 bits per heavy atom. The highest BCUT2D eigenvalue weighted by Gasteiger charge is 2.10. The van der Waals surface area contributed by atoms with Crippen molar-refractivity contribution in [2.45, 2.75) is 5.22 Å². The molecule has 1 aromatic heterocycles. The highest BCUT2D eigenvalue weighted by molar-refractivity contribution is 7.99. The van der Waals surface area contributed by atoms with Gasteiger partial charge in [0.25, 0.3) is 11.1 Å². The molecule has 1 aromatic carbocycles. The maximum atomic E-state index is 11.4. The molecule has 7 heteroatoms. The summed E-state index contributed by atoms with van der Waals surface area (Å²) in [6.45, 7) is -0.274. The fraction of sp³-hybridized carbons (Fsp3) is 0.250. The highest BCUT2D eigenvalue weighted by Crippen LogP contribution is 2.22. The number of amides is 1. The number of oxazole rings is 1. The first kappa shape index (κ1) is 13.4. The number of nitrogens with one attached hydrogen (secondary N) is 1. The number of benzene rings is 1. The van der Waals surface area contributed by atoms with Crippen LogP contribution < -0.4 is 5.32 Å². The number of hydrogen-bond donors (Lipinski definition) is 1. The standard InChI is InChI=1S/C12H12N2O4S/c1-13-10(15)6-17-11(16)7-19-12-14-8-4-2-3-5-9(8)18-12/h2-5H,6-7H2,1H3,(H,13,15). The molecule has 100 valence electrons. The summed E-state index contributed by atoms with van der Waals surface area (Å²) in [7, 11) is 1.48. The molecule has 0 aliphatic heterocycles. The normalized spacial score (nSPS) is 10.4. The molecule has 1 amide bonds. The first-order valence-electron chi connectivity index (χ1n) is 5.53. The number of carbonyl (C=O) groups excluding carboxylic acids is 2. The second-order valence-electron chi connectivity index (χ2n) is 3.57. The molecule has 1 heterocycles. The number of rotatable bonds is 5. The number of ether oxygens (including phenoxy) is 1. The van der Waals surface area contributed by atoms with Crippen LogP contribution in [0, 0.1) is 0 Å². The monoisotopic (exact) mass is 280 g/mol. The van der Waals surface area contributed by atoms with Gasteiger partial charge in [-0.1, -0.05) is 23.9 Å². The van der Waals surface area contributed by atoms with E-state index >= 15 is 0 Å². The Balaban J connectivity index is 1.84. The lowest BCUT2D eigenvalue weighted by atomic mass is 10.3. The van der Waals surface area contributed by atoms with Gasteiger partial charge in [-0.2, -0.15) is 0 Å². The third-order valence-corrected chi connectivity index (χ3v) is 3.03. The first-order chi connectivity index (χ1) is 9.19. The molecule has 19 heavy (non-hydrogen) atoms. The van der Waals surface area contributed by atoms with Crippen LogP contribution in [0.25, 0.3) is 11.1 Å². The quantitative estimate of drug-likeness (QED) is 0.655. The minimum Gasteiger partial charge on any atom is -0.455 e. The number of nitrogens with zero attached hydrogens (tertiary/aromatic N) is 1. The van der Waals surface area contributed by atoms with Gasteiger partial charge in [-0.05, 0) is 12.1 Å². The van der Waals surface area contributed by atoms with Gasteiger partial charge >= 0.3 is 5.97 Å². The molecular formula is C12H12N2O4S. The summed E-state index contributed by atoms with van der Waals surface area (Å²) in [6, 6.07) is 7.33. The molecule has 0 bridgehead atoms. The van der Waals surface area contributed by atoms with Gasteiger partial charge in [0.05, 0.1) is 0 Å². The van der Waals surface area contributed by atoms with Crippen LogP contribution in [0.1, 0.15) is 0 Å². The highest BCUT2D eigenvalue weighted by atomic mass is 32.2. The van der Waals surface area contributed by atoms with Gasteiger partial charge in [0.2, 0.25) is 0 Å². The topological polar surface area (TPSA) is 81.4 Å². The molecule has 0 radical (unpaired) electrons. The average molecular weight is 280 g/mol. The predicted molar refractivity (Wildman–Crippen MR) is 69.8 cm³/mol. The van der Waals surface area contributed by atoms with E-state index in [0.29, 0.717) is 10.8 Å². The summed E-state index contributed by atoms with van der Waals surface area (Å²) >= 11 is 1.13. The minimum absolute atomic E-state index is 0.0455. The largest absolute Gasteiger partial charge is 0.455 e. The average Bonchev–Trinajstić information content (AvgIpc) is 2.85. The lowest BCUT2D eigenvalue weighted by Crippen LogP contribution is -2.25. The van der Waals surface area contributed by atoms with Crippen LogP contribution in [0.15, 0.2) is 33.9 Å². The zero-order chi connectivity index (χ0) is 13.7. The molecule has 0 saturated heterocycles. The van der Waals surface area contributed by atoms with Gasteiger partial charge in [0.1, 0.15) is 11.3 Å². The van der Waals surface area contributed by atoms with E-state index < -0.39 is 5.97 Å². The summed E-state index contributed by atoms with van der Waals surface area (Å²) in [5, 5.41) is 2.76. The van der Waals surface area contributed by atoms with Gasteiger partial charge in [0, 0.05) is 7.05 Å². The molecule has 0 unspecified atom stereocenters. The maximum Gasteiger partial charge on any atom is 0.316 e. The van der Waals surface area contributed by atoms with Crippen molar-refractivity contribution in [3.8, 4) is 0 Å². The lowest BCUT2D eigenvalue weighted by Gasteiger charge is -2.01. The Bertz CT molecular complexity index is 563. The molecule has 0 spiro atoms. The van der Waals surface area contributed by atoms with Crippen molar-refractivity contribution >= 4 is 34.7 Å². The fourth-order valence-electron chi connectivity index (χ4n) is 1.29. The van der Waals surface area contributed by atoms with Crippen molar-refractivity contribution in [1.82, 2.24) is 10.3 Å². The van der Waals surface area contributed by atoms with Crippen LogP contribution in [-0.2, 0) is 14.3 Å². The molecule has 0 atom stereocenters. The Hall–Kier alpha value is -2.02. The summed E-state index contributed by atoms with van der Waals surface area (Å²) in [6.07, 6.45) is 0. The molecule has 2 aromatic rings. The van der Waals surface area contributed by atoms with Crippen molar-refractivity contribution in [2.75, 3.05) is 19.4 Å². The summed E-state index contributed by atoms with van der Waals surface area (Å²) < 4.78 is 10.2. The summed E-state index contributed by atoms with van der Waals surface area (Å²) in [5.74, 6) is -0.792. The molecular weight excluding hydrogens is 268 g/mol. The maximum absolute atomic E-state index is 11.4. The van der Waals surface area contributed by atoms with E-state index in [1.165, 1.54) is 7.05 Å². The SMILES string of the molecule is CNC(=O)COC(=O)CSc1nc2ccccc2o1. The van der Waals surface area contributed by atoms with Crippen molar-refractivity contribution in [2.24, 2.45) is 0 Å². The first-order valence-corrected chi connectivity index (χ1v) is 6.52. The Labute approximate surface area is 113 Å². The van der Waals surface area contributed by atoms with Crippen LogP contribution in [0.4, 0.5) is 0 Å². The van der Waals surface area contributed by atoms with Crippen molar-refractivity contribution in [3.05, 3.63) is 24.3 Å². The number of carbonyl (C=O) groups is 2. The fourth-order valence-corrected chi connectivity index (χ4v) is 1.93. The summed E-state index contributed by atoms with van der Waals surface area (Å²) in [4.78, 5) is 26.4. The van der Waals surface area contributed by atoms with Crippen molar-refractivity contribution in [1.29, 1.82) is 0 Å². The molecule has 1 N–H and O–H groups in total. The molecule has 0 saturated carbocycles. The van der Waals surface area contributed by atoms with Crippen LogP contribution in [0.3, 0.4) is 0 Å². The number of fused-ring (bicyclic) bond motifs is 1. The van der Waals surface area contributed by atoms with Crippen LogP contribution >= 0.6 is 11.8 Å². The van der Waals surface area contributed by atoms with Gasteiger partial charge < -0.3 is 14.5 Å². The third-order valence-electron chi connectivity index (χ3n) is 2.23. The number of esters is 1. The second-order valence-corrected chi connectivity index (χ2v) is 4.50. The second kappa shape index (κ2) is 6.24. The van der Waals surface area contributed by atoms with Gasteiger partial charge in [0.15, 0.2) is 12.2 Å². The van der Waals surface area contributed by atoms with E-state index in [4.69, 9.17) is 9.15 Å². The Morgan fingerprint density at radius 1 is 1.42 bits per heavy atom. The number of thioether (sulfide) groups is 1. The number of likely N-dealkylation sites (N-methyl/N-ethyl adjacent to an activating group) is 1. The Morgan fingerprint density at radius 3 is 2.95 bits per heavy atom. The molecule has 0 aliphatic rings. The smallest absolute Gasteiger partial charge is 0.316 e. The number of para-hydroxylation sites is 2. The third kappa shape index (κ3) is 3.72. The zero-order valence-electron chi connectivity index (χ0n) is 10.2. The molecule has 2 rings (SSSR count). The van der Waals surface area contributed by atoms with Crippen LogP contribution in [0.5, 0.6) is 0 Å². The molecule has 0 aliphatic carbocycles. The van der Waals surface area contributed by atoms with Gasteiger partial charge in [-0.3, -0.25) is 9.59 Å². The zero-order valence-corrected chi connectivity index (χ0v) is 11.0. The van der Waals surface area contributed by atoms with Crippen molar-refractivity contribution < 1.29 is 18.7 Å². The minimum atomic E-state index is -0.490. The van der Waals surface area contributed by atoms with E-state index in [1.54, 1.807) is 6.07 Å². The molecule has 0 fully saturated rings. The van der Waals surface area contributed by atoms with Crippen molar-refractivity contribution in [3.63, 3.8) is 0 Å². The number of hydrogen-bond acceptors (Lipinski definition) is 6. The van der Waals surface area contributed by atoms with E-state index in [9.17, 15) is 9.59 Å². The molecule has 6 nitrogen and oxygen atoms in total. The van der Waals surface area contributed by atoms with E-state index in [2.05, 4.69) is 10.3 Å². The Kier molecular flexibility index (Phi) is 4.40. The number of aromatic nitrogens is 1. The van der Waals surface area contributed by atoms with Gasteiger partial charge in [-0.25, -0.2) is 4.98 Å². The lowest BCUT2D eigenvalue weighted by molar-refractivity contribution is -0.145. The van der Waals surface area contributed by atoms with E-state index in [-0.39, 0.29) is 18.3 Å². The van der Waals surface area contributed by atoms with Crippen LogP contribution in [0.2, 0.25) is 0 Å².